The van der Waals surface area contributed by atoms with Crippen molar-refractivity contribution in [3.63, 3.8) is 0 Å². The summed E-state index contributed by atoms with van der Waals surface area (Å²) in [7, 11) is 0. The molecular formula is C15H32O10. The van der Waals surface area contributed by atoms with Crippen molar-refractivity contribution in [1.82, 2.24) is 0 Å². The first kappa shape index (κ1) is 26.5. The summed E-state index contributed by atoms with van der Waals surface area (Å²) in [6, 6.07) is 0. The van der Waals surface area contributed by atoms with Crippen molar-refractivity contribution in [2.45, 2.75) is 63.5 Å². The first-order chi connectivity index (χ1) is 11.6. The van der Waals surface area contributed by atoms with E-state index in [1.807, 2.05) is 6.92 Å². The Labute approximate surface area is 147 Å². The van der Waals surface area contributed by atoms with Crippen LogP contribution in [0, 0.1) is 0 Å². The fourth-order valence-electron chi connectivity index (χ4n) is 1.32. The van der Waals surface area contributed by atoms with E-state index in [4.69, 9.17) is 45.2 Å². The zero-order valence-corrected chi connectivity index (χ0v) is 14.8. The zero-order chi connectivity index (χ0) is 20.0. The molecule has 0 aromatic rings. The van der Waals surface area contributed by atoms with Gasteiger partial charge < -0.3 is 50.0 Å². The van der Waals surface area contributed by atoms with Gasteiger partial charge >= 0.3 is 0 Å². The molecule has 0 aliphatic carbocycles. The van der Waals surface area contributed by atoms with Gasteiger partial charge in [-0.15, -0.1) is 0 Å². The topological polar surface area (TPSA) is 177 Å². The predicted molar refractivity (Wildman–Crippen MR) is 86.8 cm³/mol. The highest BCUT2D eigenvalue weighted by Crippen LogP contribution is 2.03. The van der Waals surface area contributed by atoms with Gasteiger partial charge in [-0.3, -0.25) is 0 Å². The van der Waals surface area contributed by atoms with Crippen LogP contribution in [0.1, 0.15) is 20.8 Å². The Balaban J connectivity index is 0. The van der Waals surface area contributed by atoms with E-state index >= 15 is 0 Å². The van der Waals surface area contributed by atoms with E-state index in [1.54, 1.807) is 13.8 Å². The molecule has 10 nitrogen and oxygen atoms in total. The molecule has 0 aromatic heterocycles. The molecule has 7 atom stereocenters. The van der Waals surface area contributed by atoms with Gasteiger partial charge in [0.15, 0.2) is 6.29 Å². The Morgan fingerprint density at radius 1 is 0.800 bits per heavy atom. The number of ether oxygens (including phenoxy) is 2. The van der Waals surface area contributed by atoms with E-state index in [1.165, 1.54) is 0 Å². The van der Waals surface area contributed by atoms with Crippen molar-refractivity contribution in [2.24, 2.45) is 0 Å². The molecule has 0 aromatic carbocycles. The lowest BCUT2D eigenvalue weighted by Crippen LogP contribution is -2.46. The number of aldehydes is 1. The minimum Gasteiger partial charge on any atom is -0.394 e. The van der Waals surface area contributed by atoms with E-state index in [2.05, 4.69) is 0 Å². The highest BCUT2D eigenvalue weighted by Gasteiger charge is 2.29. The largest absolute Gasteiger partial charge is 0.394 e. The highest BCUT2D eigenvalue weighted by molar-refractivity contribution is 5.56. The second-order valence-electron chi connectivity index (χ2n) is 5.68. The number of rotatable bonds is 12. The van der Waals surface area contributed by atoms with E-state index < -0.39 is 37.1 Å². The van der Waals surface area contributed by atoms with Crippen LogP contribution in [-0.4, -0.2) is 111 Å². The SMILES string of the molecule is CC(O)COC(C)COC(C)CO.O=CC(O)C(O)C(O)C(O)CO. The van der Waals surface area contributed by atoms with Crippen LogP contribution in [0.2, 0.25) is 0 Å². The molecule has 0 saturated carbocycles. The fourth-order valence-corrected chi connectivity index (χ4v) is 1.32. The van der Waals surface area contributed by atoms with Crippen LogP contribution in [0.4, 0.5) is 0 Å². The van der Waals surface area contributed by atoms with Crippen molar-refractivity contribution < 1.29 is 50.0 Å². The van der Waals surface area contributed by atoms with Gasteiger partial charge in [-0.25, -0.2) is 0 Å². The number of aliphatic hydroxyl groups is 7. The number of aliphatic hydroxyl groups excluding tert-OH is 7. The maximum atomic E-state index is 9.90. The molecule has 0 aliphatic rings. The number of hydrogen-bond donors (Lipinski definition) is 7. The molecule has 25 heavy (non-hydrogen) atoms. The monoisotopic (exact) mass is 372 g/mol. The highest BCUT2D eigenvalue weighted by atomic mass is 16.5. The third-order valence-electron chi connectivity index (χ3n) is 2.92. The Kier molecular flexibility index (Phi) is 16.5. The number of carbonyl (C=O) groups excluding carboxylic acids is 1. The van der Waals surface area contributed by atoms with Crippen LogP contribution in [0.3, 0.4) is 0 Å². The van der Waals surface area contributed by atoms with Gasteiger partial charge in [0.1, 0.15) is 24.4 Å². The molecule has 0 radical (unpaired) electrons. The van der Waals surface area contributed by atoms with Gasteiger partial charge in [0.2, 0.25) is 0 Å². The second-order valence-corrected chi connectivity index (χ2v) is 5.68. The lowest BCUT2D eigenvalue weighted by atomic mass is 10.0. The van der Waals surface area contributed by atoms with Crippen LogP contribution in [-0.2, 0) is 14.3 Å². The Bertz CT molecular complexity index is 315. The van der Waals surface area contributed by atoms with Crippen molar-refractivity contribution in [3.8, 4) is 0 Å². The van der Waals surface area contributed by atoms with Crippen LogP contribution in [0.15, 0.2) is 0 Å². The quantitative estimate of drug-likeness (QED) is 0.173. The average Bonchev–Trinajstić information content (AvgIpc) is 2.61. The summed E-state index contributed by atoms with van der Waals surface area (Å²) >= 11 is 0. The third-order valence-corrected chi connectivity index (χ3v) is 2.92. The van der Waals surface area contributed by atoms with Crippen molar-refractivity contribution in [1.29, 1.82) is 0 Å². The molecule has 152 valence electrons. The smallest absolute Gasteiger partial charge is 0.151 e. The summed E-state index contributed by atoms with van der Waals surface area (Å²) in [4.78, 5) is 9.90. The summed E-state index contributed by atoms with van der Waals surface area (Å²) in [6.07, 6.45) is -7.49. The van der Waals surface area contributed by atoms with Gasteiger partial charge in [-0.2, -0.15) is 0 Å². The molecular weight excluding hydrogens is 340 g/mol. The minimum atomic E-state index is -1.79. The summed E-state index contributed by atoms with van der Waals surface area (Å²) in [5.74, 6) is 0. The molecule has 0 spiro atoms. The molecule has 0 amide bonds. The van der Waals surface area contributed by atoms with Crippen LogP contribution >= 0.6 is 0 Å². The van der Waals surface area contributed by atoms with Gasteiger partial charge in [0, 0.05) is 0 Å². The van der Waals surface area contributed by atoms with Crippen LogP contribution in [0.5, 0.6) is 0 Å². The lowest BCUT2D eigenvalue weighted by molar-refractivity contribution is -0.136. The molecule has 10 heteroatoms. The number of carbonyl (C=O) groups is 1. The number of hydrogen-bond acceptors (Lipinski definition) is 10. The van der Waals surface area contributed by atoms with Gasteiger partial charge in [0.25, 0.3) is 0 Å². The van der Waals surface area contributed by atoms with Crippen LogP contribution < -0.4 is 0 Å². The summed E-state index contributed by atoms with van der Waals surface area (Å²) < 4.78 is 10.5. The minimum absolute atomic E-state index is 0.0170. The van der Waals surface area contributed by atoms with Crippen molar-refractivity contribution in [3.05, 3.63) is 0 Å². The maximum absolute atomic E-state index is 9.90. The molecule has 0 saturated heterocycles. The average molecular weight is 372 g/mol. The molecule has 0 bridgehead atoms. The Morgan fingerprint density at radius 3 is 1.72 bits per heavy atom. The molecule has 0 aliphatic heterocycles. The van der Waals surface area contributed by atoms with Crippen molar-refractivity contribution in [2.75, 3.05) is 26.4 Å². The van der Waals surface area contributed by atoms with Gasteiger partial charge in [-0.05, 0) is 20.8 Å². The lowest BCUT2D eigenvalue weighted by Gasteiger charge is -2.22. The fraction of sp³-hybridized carbons (Fsp3) is 0.933. The normalized spacial score (nSPS) is 19.6. The molecule has 7 unspecified atom stereocenters. The summed E-state index contributed by atoms with van der Waals surface area (Å²) in [5.41, 5.74) is 0. The maximum Gasteiger partial charge on any atom is 0.151 e. The summed E-state index contributed by atoms with van der Waals surface area (Å²) in [6.45, 7) is 5.34. The zero-order valence-electron chi connectivity index (χ0n) is 14.8. The predicted octanol–water partition coefficient (Wildman–Crippen LogP) is -3.21. The Hall–Kier alpha value is -0.690. The molecule has 0 heterocycles. The summed E-state index contributed by atoms with van der Waals surface area (Å²) in [5, 5.41) is 61.1. The van der Waals surface area contributed by atoms with Gasteiger partial charge in [-0.1, -0.05) is 0 Å². The first-order valence-electron chi connectivity index (χ1n) is 7.91. The van der Waals surface area contributed by atoms with E-state index in [9.17, 15) is 4.79 Å². The Morgan fingerprint density at radius 2 is 1.32 bits per heavy atom. The molecule has 7 N–H and O–H groups in total. The third kappa shape index (κ3) is 14.2. The first-order valence-corrected chi connectivity index (χ1v) is 7.91. The molecule has 0 rings (SSSR count). The van der Waals surface area contributed by atoms with E-state index in [0.717, 1.165) is 0 Å². The standard InChI is InChI=1S/C9H20O4.C6H12O6/c1-7(11)5-12-9(3)6-13-8(2)4-10;7-1-3(9)5(11)6(12)4(10)2-8/h7-11H,4-6H2,1-3H3;1,3-6,8-12H,2H2. The second kappa shape index (κ2) is 15.6. The molecule has 0 fully saturated rings. The van der Waals surface area contributed by atoms with E-state index in [-0.39, 0.29) is 25.1 Å². The van der Waals surface area contributed by atoms with Gasteiger partial charge in [0.05, 0.1) is 44.7 Å². The van der Waals surface area contributed by atoms with Crippen LogP contribution in [0.25, 0.3) is 0 Å². The van der Waals surface area contributed by atoms with E-state index in [0.29, 0.717) is 13.2 Å². The van der Waals surface area contributed by atoms with Crippen molar-refractivity contribution >= 4 is 6.29 Å².